The molecule has 35 heavy (non-hydrogen) atoms. The van der Waals surface area contributed by atoms with Crippen LogP contribution in [0, 0.1) is 0 Å². The highest BCUT2D eigenvalue weighted by Gasteiger charge is 2.48. The SMILES string of the molecule is COCC(=O)N1CC2(CCN(Cc3ccc(Cl)cc3)CC2)c2c([nH]c3cc(OC)ccc23)[C@H]1CO. The van der Waals surface area contributed by atoms with E-state index < -0.39 is 6.04 Å². The van der Waals surface area contributed by atoms with Gasteiger partial charge in [0.05, 0.1) is 19.8 Å². The molecule has 2 aliphatic rings. The number of ether oxygens (including phenoxy) is 2. The number of aliphatic hydroxyl groups is 1. The number of nitrogens with zero attached hydrogens (tertiary/aromatic N) is 2. The van der Waals surface area contributed by atoms with E-state index in [9.17, 15) is 9.90 Å². The van der Waals surface area contributed by atoms with Crippen LogP contribution in [-0.2, 0) is 21.5 Å². The van der Waals surface area contributed by atoms with Crippen LogP contribution in [0.15, 0.2) is 42.5 Å². The molecule has 0 saturated carbocycles. The predicted octanol–water partition coefficient (Wildman–Crippen LogP) is 3.89. The number of benzene rings is 2. The minimum absolute atomic E-state index is 0.00133. The number of hydrogen-bond acceptors (Lipinski definition) is 5. The van der Waals surface area contributed by atoms with Gasteiger partial charge in [-0.05, 0) is 61.3 Å². The van der Waals surface area contributed by atoms with Crippen molar-refractivity contribution in [2.75, 3.05) is 47.1 Å². The number of carbonyl (C=O) groups excluding carboxylic acids is 1. The summed E-state index contributed by atoms with van der Waals surface area (Å²) in [6.07, 6.45) is 1.84. The van der Waals surface area contributed by atoms with E-state index in [2.05, 4.69) is 28.1 Å². The molecule has 0 bridgehead atoms. The predicted molar refractivity (Wildman–Crippen MR) is 136 cm³/mol. The van der Waals surface area contributed by atoms with E-state index >= 15 is 0 Å². The molecule has 1 aromatic heterocycles. The molecule has 2 aliphatic heterocycles. The summed E-state index contributed by atoms with van der Waals surface area (Å²) in [6, 6.07) is 13.7. The number of halogens is 1. The summed E-state index contributed by atoms with van der Waals surface area (Å²) in [7, 11) is 3.19. The minimum Gasteiger partial charge on any atom is -0.497 e. The zero-order valence-corrected chi connectivity index (χ0v) is 21.0. The molecule has 1 atom stereocenters. The van der Waals surface area contributed by atoms with Crippen LogP contribution < -0.4 is 4.74 Å². The molecule has 7 nitrogen and oxygen atoms in total. The molecule has 3 aromatic rings. The fraction of sp³-hybridized carbons (Fsp3) is 0.444. The third-order valence-electron chi connectivity index (χ3n) is 7.64. The van der Waals surface area contributed by atoms with E-state index in [1.165, 1.54) is 18.2 Å². The maximum Gasteiger partial charge on any atom is 0.249 e. The number of hydrogen-bond donors (Lipinski definition) is 2. The van der Waals surface area contributed by atoms with Crippen molar-refractivity contribution in [3.8, 4) is 5.75 Å². The molecular formula is C27H32ClN3O4. The molecule has 0 aliphatic carbocycles. The minimum atomic E-state index is -0.427. The summed E-state index contributed by atoms with van der Waals surface area (Å²) in [5.41, 5.74) is 4.18. The van der Waals surface area contributed by atoms with E-state index in [0.717, 1.165) is 59.8 Å². The molecule has 1 amide bonds. The van der Waals surface area contributed by atoms with Crippen LogP contribution >= 0.6 is 11.6 Å². The molecule has 0 unspecified atom stereocenters. The fourth-order valence-electron chi connectivity index (χ4n) is 5.87. The number of methoxy groups -OCH3 is 2. The van der Waals surface area contributed by atoms with Gasteiger partial charge in [-0.15, -0.1) is 0 Å². The lowest BCUT2D eigenvalue weighted by molar-refractivity contribution is -0.141. The molecule has 3 heterocycles. The maximum atomic E-state index is 13.1. The molecule has 5 rings (SSSR count). The third-order valence-corrected chi connectivity index (χ3v) is 7.89. The second-order valence-electron chi connectivity index (χ2n) is 9.66. The Bertz CT molecular complexity index is 1200. The van der Waals surface area contributed by atoms with Crippen LogP contribution in [0.1, 0.15) is 35.7 Å². The van der Waals surface area contributed by atoms with Crippen LogP contribution in [0.5, 0.6) is 5.75 Å². The Morgan fingerprint density at radius 2 is 1.91 bits per heavy atom. The van der Waals surface area contributed by atoms with Crippen molar-refractivity contribution in [2.24, 2.45) is 0 Å². The summed E-state index contributed by atoms with van der Waals surface area (Å²) in [4.78, 5) is 20.9. The number of carbonyl (C=O) groups is 1. The van der Waals surface area contributed by atoms with Crippen molar-refractivity contribution in [3.63, 3.8) is 0 Å². The maximum absolute atomic E-state index is 13.1. The fourth-order valence-corrected chi connectivity index (χ4v) is 6.00. The monoisotopic (exact) mass is 497 g/mol. The van der Waals surface area contributed by atoms with E-state index in [-0.39, 0.29) is 24.5 Å². The first kappa shape index (κ1) is 24.1. The van der Waals surface area contributed by atoms with Gasteiger partial charge >= 0.3 is 0 Å². The van der Waals surface area contributed by atoms with Crippen molar-refractivity contribution >= 4 is 28.4 Å². The smallest absolute Gasteiger partial charge is 0.249 e. The number of aliphatic hydroxyl groups excluding tert-OH is 1. The lowest BCUT2D eigenvalue weighted by Crippen LogP contribution is -2.55. The Morgan fingerprint density at radius 3 is 2.57 bits per heavy atom. The molecule has 2 aromatic carbocycles. The van der Waals surface area contributed by atoms with Gasteiger partial charge < -0.3 is 24.5 Å². The summed E-state index contributed by atoms with van der Waals surface area (Å²) in [5.74, 6) is 0.673. The van der Waals surface area contributed by atoms with Crippen molar-refractivity contribution < 1.29 is 19.4 Å². The lowest BCUT2D eigenvalue weighted by Gasteiger charge is -2.50. The van der Waals surface area contributed by atoms with Crippen molar-refractivity contribution in [3.05, 3.63) is 64.3 Å². The topological polar surface area (TPSA) is 78.0 Å². The molecule has 1 saturated heterocycles. The molecule has 8 heteroatoms. The van der Waals surface area contributed by atoms with Gasteiger partial charge in [-0.1, -0.05) is 23.7 Å². The number of amides is 1. The lowest BCUT2D eigenvalue weighted by atomic mass is 9.68. The molecule has 1 fully saturated rings. The Hall–Kier alpha value is -2.58. The van der Waals surface area contributed by atoms with E-state index in [1.54, 1.807) is 7.11 Å². The van der Waals surface area contributed by atoms with Gasteiger partial charge in [0.25, 0.3) is 0 Å². The van der Waals surface area contributed by atoms with E-state index in [1.807, 2.05) is 29.2 Å². The van der Waals surface area contributed by atoms with Gasteiger partial charge in [0.2, 0.25) is 5.91 Å². The number of nitrogens with one attached hydrogen (secondary N) is 1. The van der Waals surface area contributed by atoms with Gasteiger partial charge in [0.15, 0.2) is 0 Å². The number of rotatable bonds is 6. The second kappa shape index (κ2) is 9.82. The van der Waals surface area contributed by atoms with Gasteiger partial charge in [0.1, 0.15) is 12.4 Å². The zero-order valence-electron chi connectivity index (χ0n) is 20.2. The average molecular weight is 498 g/mol. The Morgan fingerprint density at radius 1 is 1.17 bits per heavy atom. The van der Waals surface area contributed by atoms with Crippen molar-refractivity contribution in [1.29, 1.82) is 0 Å². The largest absolute Gasteiger partial charge is 0.497 e. The molecule has 186 valence electrons. The van der Waals surface area contributed by atoms with Gasteiger partial charge in [0, 0.05) is 53.3 Å². The van der Waals surface area contributed by atoms with Gasteiger partial charge in [-0.2, -0.15) is 0 Å². The first-order valence-electron chi connectivity index (χ1n) is 12.0. The van der Waals surface area contributed by atoms with Crippen LogP contribution in [0.3, 0.4) is 0 Å². The Kier molecular flexibility index (Phi) is 6.77. The number of piperidine rings is 1. The standard InChI is InChI=1S/C27H32ClN3O4/c1-34-16-24(33)31-17-27(9-11-30(12-10-27)14-18-3-5-19(28)6-4-18)25-21-8-7-20(35-2)13-22(21)29-26(25)23(31)15-32/h3-8,13,23,29,32H,9-12,14-17H2,1-2H3/t23-/m1/s1. The van der Waals surface area contributed by atoms with Crippen LogP contribution in [0.25, 0.3) is 10.9 Å². The van der Waals surface area contributed by atoms with E-state index in [4.69, 9.17) is 21.1 Å². The number of aromatic amines is 1. The summed E-state index contributed by atoms with van der Waals surface area (Å²) in [6.45, 7) is 3.13. The number of aromatic nitrogens is 1. The Labute approximate surface area is 210 Å². The van der Waals surface area contributed by atoms with Crippen LogP contribution in [-0.4, -0.2) is 72.9 Å². The highest BCUT2D eigenvalue weighted by atomic mass is 35.5. The number of likely N-dealkylation sites (tertiary alicyclic amines) is 1. The van der Waals surface area contributed by atoms with Crippen LogP contribution in [0.4, 0.5) is 0 Å². The molecule has 2 N–H and O–H groups in total. The van der Waals surface area contributed by atoms with E-state index in [0.29, 0.717) is 6.54 Å². The Balaban J connectivity index is 1.51. The van der Waals surface area contributed by atoms with Crippen LogP contribution in [0.2, 0.25) is 5.02 Å². The quantitative estimate of drug-likeness (QED) is 0.540. The zero-order chi connectivity index (χ0) is 24.6. The highest BCUT2D eigenvalue weighted by Crippen LogP contribution is 2.49. The molecule has 0 radical (unpaired) electrons. The first-order valence-corrected chi connectivity index (χ1v) is 12.4. The van der Waals surface area contributed by atoms with Gasteiger partial charge in [-0.3, -0.25) is 9.69 Å². The number of fused-ring (bicyclic) bond motifs is 4. The number of H-pyrrole nitrogens is 1. The second-order valence-corrected chi connectivity index (χ2v) is 10.1. The molecular weight excluding hydrogens is 466 g/mol. The van der Waals surface area contributed by atoms with Crippen molar-refractivity contribution in [1.82, 2.24) is 14.8 Å². The highest BCUT2D eigenvalue weighted by molar-refractivity contribution is 6.30. The van der Waals surface area contributed by atoms with Crippen molar-refractivity contribution in [2.45, 2.75) is 30.8 Å². The third kappa shape index (κ3) is 4.42. The summed E-state index contributed by atoms with van der Waals surface area (Å²) >= 11 is 6.06. The average Bonchev–Trinajstić information content (AvgIpc) is 3.26. The first-order chi connectivity index (χ1) is 17.0. The summed E-state index contributed by atoms with van der Waals surface area (Å²) in [5, 5.41) is 12.3. The molecule has 1 spiro atoms. The van der Waals surface area contributed by atoms with Gasteiger partial charge in [-0.25, -0.2) is 0 Å². The summed E-state index contributed by atoms with van der Waals surface area (Å²) < 4.78 is 10.6. The normalized spacial score (nSPS) is 19.8.